The molecular weight excluding hydrogens is 260 g/mol. The third-order valence-electron chi connectivity index (χ3n) is 1.57. The minimum atomic E-state index is -1.88. The topological polar surface area (TPSA) is 83.6 Å². The molecule has 0 spiro atoms. The lowest BCUT2D eigenvalue weighted by molar-refractivity contribution is -0.387. The highest BCUT2D eigenvalue weighted by Gasteiger charge is 2.24. The number of halogens is 2. The van der Waals surface area contributed by atoms with Crippen molar-refractivity contribution in [2.24, 2.45) is 0 Å². The van der Waals surface area contributed by atoms with Crippen LogP contribution in [0.3, 0.4) is 0 Å². The van der Waals surface area contributed by atoms with Gasteiger partial charge >= 0.3 is 12.8 Å². The van der Waals surface area contributed by atoms with E-state index in [0.29, 0.717) is 0 Å². The maximum absolute atomic E-state index is 13.2. The molecule has 0 saturated carbocycles. The van der Waals surface area contributed by atoms with E-state index < -0.39 is 23.5 Å². The summed E-state index contributed by atoms with van der Waals surface area (Å²) >= 11 is 2.70. The van der Waals surface area contributed by atoms with Crippen LogP contribution in [-0.2, 0) is 0 Å². The van der Waals surface area contributed by atoms with Crippen LogP contribution in [0.2, 0.25) is 0 Å². The molecule has 1 aromatic rings. The Hall–Kier alpha value is -0.985. The quantitative estimate of drug-likeness (QED) is 0.453. The van der Waals surface area contributed by atoms with Crippen LogP contribution in [0.1, 0.15) is 0 Å². The molecule has 0 fully saturated rings. The number of rotatable bonds is 2. The van der Waals surface area contributed by atoms with Crippen LogP contribution >= 0.6 is 15.9 Å². The third kappa shape index (κ3) is 1.92. The first kappa shape index (κ1) is 11.1. The standard InChI is InChI=1S/C6H4BBrFNO4/c8-5-3(7(11)12)1-2-4(6(5)9)10(13)14/h1-2,11-12H. The second-order valence-electron chi connectivity index (χ2n) is 2.43. The van der Waals surface area contributed by atoms with Crippen LogP contribution in [0.4, 0.5) is 10.1 Å². The predicted octanol–water partition coefficient (Wildman–Crippen LogP) is 0.176. The van der Waals surface area contributed by atoms with Crippen molar-refractivity contribution in [1.29, 1.82) is 0 Å². The molecule has 0 aliphatic carbocycles. The lowest BCUT2D eigenvalue weighted by Gasteiger charge is -2.03. The normalized spacial score (nSPS) is 10.0. The van der Waals surface area contributed by atoms with E-state index in [1.807, 2.05) is 0 Å². The Morgan fingerprint density at radius 1 is 1.50 bits per heavy atom. The summed E-state index contributed by atoms with van der Waals surface area (Å²) < 4.78 is 12.8. The molecule has 0 saturated heterocycles. The molecule has 5 nitrogen and oxygen atoms in total. The van der Waals surface area contributed by atoms with Crippen LogP contribution < -0.4 is 5.46 Å². The Morgan fingerprint density at radius 3 is 2.50 bits per heavy atom. The van der Waals surface area contributed by atoms with Gasteiger partial charge in [0.25, 0.3) is 0 Å². The largest absolute Gasteiger partial charge is 0.489 e. The molecule has 0 unspecified atom stereocenters. The minimum absolute atomic E-state index is 0.159. The van der Waals surface area contributed by atoms with Crippen molar-refractivity contribution in [3.05, 3.63) is 32.5 Å². The molecule has 1 aromatic carbocycles. The van der Waals surface area contributed by atoms with Crippen LogP contribution in [0.5, 0.6) is 0 Å². The molecule has 1 rings (SSSR count). The summed E-state index contributed by atoms with van der Waals surface area (Å²) in [5.74, 6) is -1.12. The Kier molecular flexibility index (Phi) is 3.19. The summed E-state index contributed by atoms with van der Waals surface area (Å²) in [4.78, 5) is 9.38. The van der Waals surface area contributed by atoms with E-state index in [0.717, 1.165) is 12.1 Å². The summed E-state index contributed by atoms with van der Waals surface area (Å²) in [5.41, 5.74) is -0.880. The van der Waals surface area contributed by atoms with Crippen LogP contribution in [0, 0.1) is 15.9 Å². The van der Waals surface area contributed by atoms with Gasteiger partial charge in [0, 0.05) is 6.07 Å². The molecule has 2 N–H and O–H groups in total. The molecule has 14 heavy (non-hydrogen) atoms. The lowest BCUT2D eigenvalue weighted by atomic mass is 9.80. The fourth-order valence-corrected chi connectivity index (χ4v) is 1.43. The van der Waals surface area contributed by atoms with Gasteiger partial charge in [0.1, 0.15) is 0 Å². The zero-order chi connectivity index (χ0) is 10.9. The van der Waals surface area contributed by atoms with Gasteiger partial charge in [0.2, 0.25) is 5.82 Å². The van der Waals surface area contributed by atoms with E-state index in [4.69, 9.17) is 10.0 Å². The van der Waals surface area contributed by atoms with Crippen LogP contribution in [0.15, 0.2) is 16.6 Å². The highest BCUT2D eigenvalue weighted by atomic mass is 79.9. The molecule has 8 heteroatoms. The maximum atomic E-state index is 13.2. The average molecular weight is 264 g/mol. The number of hydrogen-bond donors (Lipinski definition) is 2. The van der Waals surface area contributed by atoms with Crippen molar-refractivity contribution in [2.45, 2.75) is 0 Å². The molecule has 0 atom stereocenters. The molecule has 0 aliphatic heterocycles. The number of nitro groups is 1. The second-order valence-corrected chi connectivity index (χ2v) is 3.23. The van der Waals surface area contributed by atoms with Gasteiger partial charge in [-0.1, -0.05) is 6.07 Å². The first-order valence-corrected chi connectivity index (χ1v) is 4.23. The molecule has 0 bridgehead atoms. The van der Waals surface area contributed by atoms with Crippen LogP contribution in [0.25, 0.3) is 0 Å². The Labute approximate surface area is 86.6 Å². The maximum Gasteiger partial charge on any atom is 0.489 e. The van der Waals surface area contributed by atoms with Crippen molar-refractivity contribution in [3.8, 4) is 0 Å². The van der Waals surface area contributed by atoms with Crippen molar-refractivity contribution in [2.75, 3.05) is 0 Å². The van der Waals surface area contributed by atoms with E-state index >= 15 is 0 Å². The monoisotopic (exact) mass is 263 g/mol. The lowest BCUT2D eigenvalue weighted by Crippen LogP contribution is -2.31. The van der Waals surface area contributed by atoms with Gasteiger partial charge in [-0.05, 0) is 21.4 Å². The van der Waals surface area contributed by atoms with E-state index in [1.54, 1.807) is 0 Å². The van der Waals surface area contributed by atoms with Crippen molar-refractivity contribution in [3.63, 3.8) is 0 Å². The SMILES string of the molecule is O=[N+]([O-])c1ccc(B(O)O)c(Br)c1F. The molecule has 0 aromatic heterocycles. The Balaban J connectivity index is 3.33. The highest BCUT2D eigenvalue weighted by Crippen LogP contribution is 2.22. The molecule has 0 amide bonds. The molecule has 0 heterocycles. The van der Waals surface area contributed by atoms with Gasteiger partial charge in [-0.2, -0.15) is 4.39 Å². The van der Waals surface area contributed by atoms with Gasteiger partial charge in [-0.15, -0.1) is 0 Å². The van der Waals surface area contributed by atoms with Gasteiger partial charge in [0.15, 0.2) is 0 Å². The fourth-order valence-electron chi connectivity index (χ4n) is 0.895. The van der Waals surface area contributed by atoms with Crippen LogP contribution in [-0.4, -0.2) is 22.1 Å². The Bertz CT molecular complexity index is 386. The van der Waals surface area contributed by atoms with E-state index in [9.17, 15) is 14.5 Å². The van der Waals surface area contributed by atoms with Gasteiger partial charge in [-0.25, -0.2) is 0 Å². The van der Waals surface area contributed by atoms with Gasteiger partial charge < -0.3 is 10.0 Å². The minimum Gasteiger partial charge on any atom is -0.423 e. The number of nitro benzene ring substituents is 1. The third-order valence-corrected chi connectivity index (χ3v) is 2.37. The molecule has 0 radical (unpaired) electrons. The van der Waals surface area contributed by atoms with Crippen molar-refractivity contribution in [1.82, 2.24) is 0 Å². The average Bonchev–Trinajstić information content (AvgIpc) is 2.08. The van der Waals surface area contributed by atoms with E-state index in [1.165, 1.54) is 0 Å². The highest BCUT2D eigenvalue weighted by molar-refractivity contribution is 9.10. The van der Waals surface area contributed by atoms with Gasteiger partial charge in [0.05, 0.1) is 9.40 Å². The van der Waals surface area contributed by atoms with E-state index in [2.05, 4.69) is 15.9 Å². The summed E-state index contributed by atoms with van der Waals surface area (Å²) in [7, 11) is -1.88. The zero-order valence-corrected chi connectivity index (χ0v) is 8.23. The molecular formula is C6H4BBrFNO4. The van der Waals surface area contributed by atoms with Crippen molar-refractivity contribution >= 4 is 34.2 Å². The predicted molar refractivity (Wildman–Crippen MR) is 50.6 cm³/mol. The molecule has 0 aliphatic rings. The Morgan fingerprint density at radius 2 is 2.07 bits per heavy atom. The second kappa shape index (κ2) is 4.03. The number of hydrogen-bond acceptors (Lipinski definition) is 4. The van der Waals surface area contributed by atoms with Crippen molar-refractivity contribution < 1.29 is 19.4 Å². The number of nitrogens with zero attached hydrogens (tertiary/aromatic N) is 1. The first-order valence-electron chi connectivity index (χ1n) is 3.43. The van der Waals surface area contributed by atoms with Gasteiger partial charge in [-0.3, -0.25) is 10.1 Å². The smallest absolute Gasteiger partial charge is 0.423 e. The zero-order valence-electron chi connectivity index (χ0n) is 6.65. The molecule has 74 valence electrons. The summed E-state index contributed by atoms with van der Waals surface area (Å²) in [5, 5.41) is 27.8. The summed E-state index contributed by atoms with van der Waals surface area (Å²) in [6.45, 7) is 0. The summed E-state index contributed by atoms with van der Waals surface area (Å²) in [6, 6.07) is 1.94. The van der Waals surface area contributed by atoms with E-state index in [-0.39, 0.29) is 9.94 Å². The first-order chi connectivity index (χ1) is 6.45. The summed E-state index contributed by atoms with van der Waals surface area (Å²) in [6.07, 6.45) is 0. The fraction of sp³-hybridized carbons (Fsp3) is 0. The number of benzene rings is 1.